The van der Waals surface area contributed by atoms with Crippen LogP contribution in [-0.4, -0.2) is 40.4 Å². The summed E-state index contributed by atoms with van der Waals surface area (Å²) in [5.41, 5.74) is 2.59. The van der Waals surface area contributed by atoms with Crippen LogP contribution in [0.3, 0.4) is 0 Å². The number of nitrogens with zero attached hydrogens (tertiary/aromatic N) is 1. The number of rotatable bonds is 10. The fourth-order valence-corrected chi connectivity index (χ4v) is 4.77. The Hall–Kier alpha value is -1.15. The summed E-state index contributed by atoms with van der Waals surface area (Å²) in [7, 11) is 0. The molecule has 0 aromatic heterocycles. The summed E-state index contributed by atoms with van der Waals surface area (Å²) in [6.07, 6.45) is 3.22. The van der Waals surface area contributed by atoms with Crippen LogP contribution in [0.15, 0.2) is 34.7 Å². The Labute approximate surface area is 177 Å². The third-order valence-corrected chi connectivity index (χ3v) is 6.32. The van der Waals surface area contributed by atoms with Gasteiger partial charge in [-0.1, -0.05) is 35.3 Å². The number of aliphatic imine (C=N–C) groups is 1. The molecular formula is C18H20Cl2N2O3S2. The van der Waals surface area contributed by atoms with E-state index in [9.17, 15) is 9.59 Å². The summed E-state index contributed by atoms with van der Waals surface area (Å²) < 4.78 is 0. The number of aliphatic carboxylic acids is 1. The van der Waals surface area contributed by atoms with Gasteiger partial charge >= 0.3 is 5.97 Å². The molecule has 5 nitrogen and oxygen atoms in total. The molecule has 0 fully saturated rings. The van der Waals surface area contributed by atoms with Crippen LogP contribution in [0.4, 0.5) is 0 Å². The smallest absolute Gasteiger partial charge is 0.303 e. The number of carboxylic acid groups (broad SMARTS) is 1. The first-order chi connectivity index (χ1) is 13.0. The van der Waals surface area contributed by atoms with Gasteiger partial charge in [-0.3, -0.25) is 14.6 Å². The molecule has 146 valence electrons. The number of hydrogen-bond acceptors (Lipinski definition) is 5. The molecule has 0 spiro atoms. The van der Waals surface area contributed by atoms with E-state index in [0.29, 0.717) is 35.2 Å². The molecule has 0 bridgehead atoms. The number of amides is 1. The van der Waals surface area contributed by atoms with Crippen LogP contribution < -0.4 is 5.32 Å². The van der Waals surface area contributed by atoms with E-state index in [-0.39, 0.29) is 23.6 Å². The standard InChI is InChI=1S/C18H20Cl2N2O3S2/c19-13-4-3-5-14(20)12(13)10-26-11-22-15-7-9-27-17(15)18(25)21-8-2-1-6-16(23)24/h3-5,7,9,11,15,17H,1-2,6,8,10H2,(H,21,25)(H,23,24). The van der Waals surface area contributed by atoms with E-state index >= 15 is 0 Å². The molecule has 1 aromatic rings. The summed E-state index contributed by atoms with van der Waals surface area (Å²) in [5, 5.41) is 14.3. The van der Waals surface area contributed by atoms with Gasteiger partial charge in [0.15, 0.2) is 0 Å². The van der Waals surface area contributed by atoms with E-state index in [1.807, 2.05) is 11.5 Å². The molecule has 1 aliphatic rings. The van der Waals surface area contributed by atoms with Crippen LogP contribution in [0.25, 0.3) is 0 Å². The highest BCUT2D eigenvalue weighted by molar-refractivity contribution is 8.11. The van der Waals surface area contributed by atoms with Crippen molar-refractivity contribution in [2.45, 2.75) is 36.3 Å². The number of hydrogen-bond donors (Lipinski definition) is 2. The van der Waals surface area contributed by atoms with Gasteiger partial charge in [-0.25, -0.2) is 0 Å². The van der Waals surface area contributed by atoms with Crippen LogP contribution in [0, 0.1) is 0 Å². The minimum absolute atomic E-state index is 0.0818. The highest BCUT2D eigenvalue weighted by Crippen LogP contribution is 2.29. The highest BCUT2D eigenvalue weighted by Gasteiger charge is 2.29. The molecule has 2 unspecified atom stereocenters. The second kappa shape index (κ2) is 11.6. The van der Waals surface area contributed by atoms with Gasteiger partial charge in [0.1, 0.15) is 5.25 Å². The molecule has 2 atom stereocenters. The lowest BCUT2D eigenvalue weighted by Gasteiger charge is -2.14. The first kappa shape index (κ1) is 22.1. The molecule has 27 heavy (non-hydrogen) atoms. The van der Waals surface area contributed by atoms with Gasteiger partial charge in [0.25, 0.3) is 0 Å². The number of halogens is 2. The molecule has 1 aromatic carbocycles. The monoisotopic (exact) mass is 446 g/mol. The van der Waals surface area contributed by atoms with Gasteiger partial charge in [-0.05, 0) is 35.9 Å². The summed E-state index contributed by atoms with van der Waals surface area (Å²) in [5.74, 6) is -0.296. The second-order valence-corrected chi connectivity index (χ2v) is 8.48. The zero-order valence-corrected chi connectivity index (χ0v) is 17.6. The topological polar surface area (TPSA) is 78.8 Å². The van der Waals surface area contributed by atoms with Crippen LogP contribution >= 0.6 is 46.7 Å². The summed E-state index contributed by atoms with van der Waals surface area (Å²) >= 11 is 15.2. The van der Waals surface area contributed by atoms with Crippen molar-refractivity contribution >= 4 is 64.1 Å². The Bertz CT molecular complexity index is 708. The molecule has 1 amide bonds. The minimum atomic E-state index is -0.818. The van der Waals surface area contributed by atoms with E-state index in [4.69, 9.17) is 28.3 Å². The van der Waals surface area contributed by atoms with Crippen molar-refractivity contribution < 1.29 is 14.7 Å². The average Bonchev–Trinajstić information content (AvgIpc) is 3.08. The van der Waals surface area contributed by atoms with Crippen molar-refractivity contribution in [1.29, 1.82) is 0 Å². The van der Waals surface area contributed by atoms with Crippen molar-refractivity contribution in [3.8, 4) is 0 Å². The van der Waals surface area contributed by atoms with Crippen LogP contribution in [0.1, 0.15) is 24.8 Å². The zero-order valence-electron chi connectivity index (χ0n) is 14.4. The fourth-order valence-electron chi connectivity index (χ4n) is 2.35. The predicted molar refractivity (Wildman–Crippen MR) is 115 cm³/mol. The molecule has 0 saturated heterocycles. The van der Waals surface area contributed by atoms with Gasteiger partial charge < -0.3 is 10.4 Å². The number of benzene rings is 1. The summed E-state index contributed by atoms with van der Waals surface area (Å²) in [4.78, 5) is 27.2. The Balaban J connectivity index is 1.76. The van der Waals surface area contributed by atoms with Crippen molar-refractivity contribution in [2.75, 3.05) is 6.54 Å². The summed E-state index contributed by atoms with van der Waals surface area (Å²) in [6.45, 7) is 0.472. The predicted octanol–water partition coefficient (Wildman–Crippen LogP) is 4.62. The lowest BCUT2D eigenvalue weighted by molar-refractivity contribution is -0.137. The first-order valence-electron chi connectivity index (χ1n) is 8.37. The Morgan fingerprint density at radius 1 is 1.30 bits per heavy atom. The van der Waals surface area contributed by atoms with Gasteiger partial charge in [-0.2, -0.15) is 0 Å². The van der Waals surface area contributed by atoms with Crippen molar-refractivity contribution in [3.05, 3.63) is 45.3 Å². The maximum absolute atomic E-state index is 12.3. The Morgan fingerprint density at radius 3 is 2.74 bits per heavy atom. The van der Waals surface area contributed by atoms with Gasteiger partial charge in [0.05, 0.1) is 11.6 Å². The van der Waals surface area contributed by atoms with Crippen LogP contribution in [0.2, 0.25) is 10.0 Å². The molecule has 1 aliphatic heterocycles. The van der Waals surface area contributed by atoms with Crippen molar-refractivity contribution in [3.63, 3.8) is 0 Å². The maximum Gasteiger partial charge on any atom is 0.303 e. The quantitative estimate of drug-likeness (QED) is 0.311. The van der Waals surface area contributed by atoms with E-state index in [1.54, 1.807) is 23.7 Å². The van der Waals surface area contributed by atoms with E-state index in [2.05, 4.69) is 10.3 Å². The molecule has 9 heteroatoms. The molecule has 2 N–H and O–H groups in total. The highest BCUT2D eigenvalue weighted by atomic mass is 35.5. The van der Waals surface area contributed by atoms with Crippen molar-refractivity contribution in [2.24, 2.45) is 4.99 Å². The van der Waals surface area contributed by atoms with Crippen molar-refractivity contribution in [1.82, 2.24) is 5.32 Å². The SMILES string of the molecule is O=C(O)CCCCNC(=O)C1SC=CC1N=CSCc1c(Cl)cccc1Cl. The fraction of sp³-hybridized carbons (Fsp3) is 0.389. The molecule has 0 radical (unpaired) electrons. The second-order valence-electron chi connectivity index (χ2n) is 5.78. The zero-order chi connectivity index (χ0) is 19.6. The van der Waals surface area contributed by atoms with Gasteiger partial charge in [0.2, 0.25) is 5.91 Å². The van der Waals surface area contributed by atoms with E-state index in [1.165, 1.54) is 23.5 Å². The number of carbonyl (C=O) groups excluding carboxylic acids is 1. The number of unbranched alkanes of at least 4 members (excludes halogenated alkanes) is 1. The van der Waals surface area contributed by atoms with E-state index < -0.39 is 5.97 Å². The molecule has 0 aliphatic carbocycles. The number of thioether (sulfide) groups is 2. The largest absolute Gasteiger partial charge is 0.481 e. The summed E-state index contributed by atoms with van der Waals surface area (Å²) in [6, 6.07) is 5.18. The number of carboxylic acids is 1. The number of carbonyl (C=O) groups is 2. The van der Waals surface area contributed by atoms with Gasteiger partial charge in [0, 0.05) is 28.8 Å². The first-order valence-corrected chi connectivity index (χ1v) is 11.1. The van der Waals surface area contributed by atoms with Crippen LogP contribution in [-0.2, 0) is 15.3 Å². The number of nitrogens with one attached hydrogen (secondary N) is 1. The van der Waals surface area contributed by atoms with E-state index in [0.717, 1.165) is 5.56 Å². The lowest BCUT2D eigenvalue weighted by Crippen LogP contribution is -2.37. The third kappa shape index (κ3) is 7.41. The normalized spacial score (nSPS) is 18.9. The minimum Gasteiger partial charge on any atom is -0.481 e. The molecule has 0 saturated carbocycles. The molecule has 2 rings (SSSR count). The van der Waals surface area contributed by atoms with Crippen LogP contribution in [0.5, 0.6) is 0 Å². The van der Waals surface area contributed by atoms with Gasteiger partial charge in [-0.15, -0.1) is 23.5 Å². The Morgan fingerprint density at radius 2 is 2.04 bits per heavy atom. The Kier molecular flexibility index (Phi) is 9.54. The molecular weight excluding hydrogens is 427 g/mol. The maximum atomic E-state index is 12.3. The average molecular weight is 447 g/mol. The molecule has 1 heterocycles. The lowest BCUT2D eigenvalue weighted by atomic mass is 10.2. The third-order valence-electron chi connectivity index (χ3n) is 3.78.